The maximum absolute atomic E-state index is 14.5. The van der Waals surface area contributed by atoms with Crippen LogP contribution in [0.5, 0.6) is 5.75 Å². The van der Waals surface area contributed by atoms with E-state index in [1.165, 1.54) is 17.0 Å². The first kappa shape index (κ1) is 33.7. The standard InChI is InChI=1S/C35H38BrN3O5S/c1-4-44-31-21-19-30(20-22-31)39(45(42,43)32-13-9-6-10-14-32)25-34(40)38(24-28-15-17-29(36)18-16-28)33(35(41)37-26(2)3)23-27-11-7-5-8-12-27/h5-22,26,33H,4,23-25H2,1-3H3,(H,37,41)/t33-/m0/s1. The number of amides is 2. The highest BCUT2D eigenvalue weighted by atomic mass is 79.9. The van der Waals surface area contributed by atoms with Crippen LogP contribution >= 0.6 is 15.9 Å². The Bertz CT molecular complexity index is 1650. The third-order valence-corrected chi connectivity index (χ3v) is 9.33. The molecule has 4 aromatic rings. The molecule has 0 saturated carbocycles. The lowest BCUT2D eigenvalue weighted by molar-refractivity contribution is -0.140. The van der Waals surface area contributed by atoms with Gasteiger partial charge in [-0.05, 0) is 80.4 Å². The quantitative estimate of drug-likeness (QED) is 0.170. The number of nitrogens with zero attached hydrogens (tertiary/aromatic N) is 2. The molecule has 4 rings (SSSR count). The van der Waals surface area contributed by atoms with Crippen molar-refractivity contribution in [1.29, 1.82) is 0 Å². The minimum Gasteiger partial charge on any atom is -0.494 e. The number of carbonyl (C=O) groups is 2. The van der Waals surface area contributed by atoms with Crippen LogP contribution < -0.4 is 14.4 Å². The largest absolute Gasteiger partial charge is 0.494 e. The van der Waals surface area contributed by atoms with Crippen molar-refractivity contribution in [1.82, 2.24) is 10.2 Å². The summed E-state index contributed by atoms with van der Waals surface area (Å²) in [5.41, 5.74) is 1.96. The zero-order chi connectivity index (χ0) is 32.4. The second-order valence-electron chi connectivity index (χ2n) is 10.8. The molecule has 0 aliphatic rings. The molecule has 0 aliphatic heterocycles. The summed E-state index contributed by atoms with van der Waals surface area (Å²) in [6.07, 6.45) is 0.246. The summed E-state index contributed by atoms with van der Waals surface area (Å²) in [7, 11) is -4.17. The predicted octanol–water partition coefficient (Wildman–Crippen LogP) is 6.21. The van der Waals surface area contributed by atoms with Gasteiger partial charge in [0.1, 0.15) is 18.3 Å². The molecule has 0 saturated heterocycles. The van der Waals surface area contributed by atoms with Gasteiger partial charge in [-0.3, -0.25) is 13.9 Å². The van der Waals surface area contributed by atoms with E-state index in [9.17, 15) is 18.0 Å². The van der Waals surface area contributed by atoms with Gasteiger partial charge in [0.2, 0.25) is 11.8 Å². The summed E-state index contributed by atoms with van der Waals surface area (Å²) in [6.45, 7) is 5.60. The van der Waals surface area contributed by atoms with Crippen molar-refractivity contribution in [2.24, 2.45) is 0 Å². The highest BCUT2D eigenvalue weighted by Gasteiger charge is 2.34. The van der Waals surface area contributed by atoms with Crippen molar-refractivity contribution in [3.8, 4) is 5.75 Å². The first-order valence-electron chi connectivity index (χ1n) is 14.8. The molecule has 0 spiro atoms. The Morgan fingerprint density at radius 3 is 2.00 bits per heavy atom. The van der Waals surface area contributed by atoms with E-state index in [2.05, 4.69) is 21.2 Å². The van der Waals surface area contributed by atoms with Crippen molar-refractivity contribution in [3.63, 3.8) is 0 Å². The maximum Gasteiger partial charge on any atom is 0.264 e. The minimum atomic E-state index is -4.17. The normalized spacial score (nSPS) is 11.9. The molecule has 1 N–H and O–H groups in total. The number of ether oxygens (including phenoxy) is 1. The van der Waals surface area contributed by atoms with Crippen LogP contribution in [0, 0.1) is 0 Å². The number of hydrogen-bond acceptors (Lipinski definition) is 5. The predicted molar refractivity (Wildman–Crippen MR) is 180 cm³/mol. The van der Waals surface area contributed by atoms with E-state index < -0.39 is 28.5 Å². The molecule has 10 heteroatoms. The fourth-order valence-electron chi connectivity index (χ4n) is 4.84. The summed E-state index contributed by atoms with van der Waals surface area (Å²) in [5, 5.41) is 2.97. The lowest BCUT2D eigenvalue weighted by atomic mass is 10.0. The number of rotatable bonds is 14. The number of halogens is 1. The monoisotopic (exact) mass is 691 g/mol. The number of hydrogen-bond donors (Lipinski definition) is 1. The molecule has 1 atom stereocenters. The van der Waals surface area contributed by atoms with E-state index in [0.717, 1.165) is 19.9 Å². The molecule has 2 amide bonds. The zero-order valence-electron chi connectivity index (χ0n) is 25.6. The first-order valence-corrected chi connectivity index (χ1v) is 17.0. The number of carbonyl (C=O) groups excluding carboxylic acids is 2. The average Bonchev–Trinajstić information content (AvgIpc) is 3.03. The number of nitrogens with one attached hydrogen (secondary N) is 1. The van der Waals surface area contributed by atoms with Crippen molar-refractivity contribution < 1.29 is 22.7 Å². The van der Waals surface area contributed by atoms with Crippen molar-refractivity contribution in [3.05, 3.63) is 125 Å². The molecule has 0 aliphatic carbocycles. The van der Waals surface area contributed by atoms with E-state index in [0.29, 0.717) is 18.0 Å². The smallest absolute Gasteiger partial charge is 0.264 e. The molecule has 0 aromatic heterocycles. The highest BCUT2D eigenvalue weighted by molar-refractivity contribution is 9.10. The second-order valence-corrected chi connectivity index (χ2v) is 13.5. The van der Waals surface area contributed by atoms with Crippen molar-refractivity contribution in [2.45, 2.75) is 50.7 Å². The summed E-state index contributed by atoms with van der Waals surface area (Å²) in [5.74, 6) is -0.265. The summed E-state index contributed by atoms with van der Waals surface area (Å²) < 4.78 is 35.7. The fourth-order valence-corrected chi connectivity index (χ4v) is 6.54. The van der Waals surface area contributed by atoms with E-state index in [1.807, 2.05) is 75.4 Å². The summed E-state index contributed by atoms with van der Waals surface area (Å²) in [6, 6.07) is 30.4. The number of sulfonamides is 1. The average molecular weight is 693 g/mol. The number of anilines is 1. The fraction of sp³-hybridized carbons (Fsp3) is 0.257. The molecule has 0 heterocycles. The first-order chi connectivity index (χ1) is 21.6. The van der Waals surface area contributed by atoms with Gasteiger partial charge in [-0.25, -0.2) is 8.42 Å². The molecule has 0 bridgehead atoms. The van der Waals surface area contributed by atoms with Gasteiger partial charge >= 0.3 is 0 Å². The Balaban J connectivity index is 1.79. The van der Waals surface area contributed by atoms with Crippen LogP contribution in [0.1, 0.15) is 31.9 Å². The van der Waals surface area contributed by atoms with Crippen LogP contribution in [0.2, 0.25) is 0 Å². The van der Waals surface area contributed by atoms with Crippen molar-refractivity contribution in [2.75, 3.05) is 17.5 Å². The molecule has 236 valence electrons. The molecule has 4 aromatic carbocycles. The molecular formula is C35H38BrN3O5S. The maximum atomic E-state index is 14.5. The van der Waals surface area contributed by atoms with Crippen LogP contribution in [0.25, 0.3) is 0 Å². The van der Waals surface area contributed by atoms with Gasteiger partial charge in [-0.1, -0.05) is 76.6 Å². The van der Waals surface area contributed by atoms with Gasteiger partial charge in [-0.2, -0.15) is 0 Å². The molecule has 0 radical (unpaired) electrons. The molecule has 8 nitrogen and oxygen atoms in total. The third-order valence-electron chi connectivity index (χ3n) is 7.01. The third kappa shape index (κ3) is 9.18. The van der Waals surface area contributed by atoms with E-state index >= 15 is 0 Å². The van der Waals surface area contributed by atoms with Crippen LogP contribution in [0.4, 0.5) is 5.69 Å². The molecule has 0 unspecified atom stereocenters. The van der Waals surface area contributed by atoms with Gasteiger partial charge in [0, 0.05) is 23.5 Å². The Morgan fingerprint density at radius 1 is 0.822 bits per heavy atom. The minimum absolute atomic E-state index is 0.0459. The van der Waals surface area contributed by atoms with E-state index in [-0.39, 0.29) is 29.8 Å². The second kappa shape index (κ2) is 15.7. The Labute approximate surface area is 274 Å². The van der Waals surface area contributed by atoms with Gasteiger partial charge in [0.25, 0.3) is 10.0 Å². The Hall–Kier alpha value is -4.15. The van der Waals surface area contributed by atoms with Gasteiger partial charge < -0.3 is 15.0 Å². The molecular weight excluding hydrogens is 654 g/mol. The topological polar surface area (TPSA) is 96.0 Å². The van der Waals surface area contributed by atoms with Gasteiger partial charge in [0.05, 0.1) is 17.2 Å². The van der Waals surface area contributed by atoms with Crippen LogP contribution in [-0.4, -0.2) is 50.4 Å². The molecule has 0 fully saturated rings. The highest BCUT2D eigenvalue weighted by Crippen LogP contribution is 2.27. The van der Waals surface area contributed by atoms with Crippen LogP contribution in [0.3, 0.4) is 0 Å². The van der Waals surface area contributed by atoms with Gasteiger partial charge in [-0.15, -0.1) is 0 Å². The summed E-state index contributed by atoms with van der Waals surface area (Å²) in [4.78, 5) is 29.8. The number of benzene rings is 4. The molecule has 45 heavy (non-hydrogen) atoms. The Morgan fingerprint density at radius 2 is 1.42 bits per heavy atom. The zero-order valence-corrected chi connectivity index (χ0v) is 28.0. The van der Waals surface area contributed by atoms with Crippen LogP contribution in [0.15, 0.2) is 119 Å². The SMILES string of the molecule is CCOc1ccc(N(CC(=O)N(Cc2ccc(Br)cc2)[C@@H](Cc2ccccc2)C(=O)NC(C)C)S(=O)(=O)c2ccccc2)cc1. The lowest BCUT2D eigenvalue weighted by Crippen LogP contribution is -2.54. The van der Waals surface area contributed by atoms with Gasteiger partial charge in [0.15, 0.2) is 0 Å². The van der Waals surface area contributed by atoms with E-state index in [4.69, 9.17) is 4.74 Å². The van der Waals surface area contributed by atoms with Crippen molar-refractivity contribution >= 4 is 43.5 Å². The van der Waals surface area contributed by atoms with Crippen LogP contribution in [-0.2, 0) is 32.6 Å². The lowest BCUT2D eigenvalue weighted by Gasteiger charge is -2.34. The Kier molecular flexibility index (Phi) is 11.8. The van der Waals surface area contributed by atoms with E-state index in [1.54, 1.807) is 42.5 Å². The summed E-state index contributed by atoms with van der Waals surface area (Å²) >= 11 is 3.45.